The third kappa shape index (κ3) is 2.53. The van der Waals surface area contributed by atoms with Gasteiger partial charge in [-0.2, -0.15) is 0 Å². The summed E-state index contributed by atoms with van der Waals surface area (Å²) in [5, 5.41) is 3.51. The van der Waals surface area contributed by atoms with Gasteiger partial charge in [0.2, 0.25) is 0 Å². The largest absolute Gasteiger partial charge is 0.497 e. The minimum Gasteiger partial charge on any atom is -0.497 e. The van der Waals surface area contributed by atoms with Gasteiger partial charge in [0.1, 0.15) is 17.3 Å². The number of aromatic nitrogens is 1. The van der Waals surface area contributed by atoms with Crippen LogP contribution in [0.25, 0.3) is 10.9 Å². The number of carbonyl (C=O) groups is 1. The number of hydrogen-bond acceptors (Lipinski definition) is 2. The lowest BCUT2D eigenvalue weighted by Gasteiger charge is -2.06. The number of carbonyl (C=O) groups excluding carboxylic acids is 1. The number of amides is 1. The molecule has 0 aliphatic rings. The first kappa shape index (κ1) is 14.1. The number of aryl methyl sites for hydroxylation is 1. The predicted molar refractivity (Wildman–Crippen MR) is 83.9 cm³/mol. The molecule has 0 aliphatic heterocycles. The Morgan fingerprint density at radius 2 is 1.91 bits per heavy atom. The molecule has 0 fully saturated rings. The summed E-state index contributed by atoms with van der Waals surface area (Å²) >= 11 is 0. The number of aromatic amines is 1. The first-order valence-electron chi connectivity index (χ1n) is 6.81. The summed E-state index contributed by atoms with van der Waals surface area (Å²) < 4.78 is 18.4. The molecule has 5 heteroatoms. The molecule has 4 nitrogen and oxygen atoms in total. The number of hydrogen-bond donors (Lipinski definition) is 2. The summed E-state index contributed by atoms with van der Waals surface area (Å²) in [4.78, 5) is 15.4. The molecule has 1 amide bonds. The van der Waals surface area contributed by atoms with Crippen LogP contribution in [0.5, 0.6) is 5.75 Å². The Morgan fingerprint density at radius 3 is 2.59 bits per heavy atom. The van der Waals surface area contributed by atoms with E-state index in [2.05, 4.69) is 10.3 Å². The monoisotopic (exact) mass is 298 g/mol. The molecule has 0 atom stereocenters. The van der Waals surface area contributed by atoms with Crippen LogP contribution in [0.4, 0.5) is 10.1 Å². The molecule has 3 aromatic rings. The molecule has 2 aromatic carbocycles. The molecular formula is C17H15FN2O2. The van der Waals surface area contributed by atoms with Gasteiger partial charge in [-0.1, -0.05) is 0 Å². The fourth-order valence-electron chi connectivity index (χ4n) is 2.39. The number of methoxy groups -OCH3 is 1. The highest BCUT2D eigenvalue weighted by Crippen LogP contribution is 2.23. The van der Waals surface area contributed by atoms with Crippen LogP contribution in [0.1, 0.15) is 16.1 Å². The van der Waals surface area contributed by atoms with Crippen LogP contribution < -0.4 is 10.1 Å². The lowest BCUT2D eigenvalue weighted by atomic mass is 10.1. The number of benzene rings is 2. The van der Waals surface area contributed by atoms with Gasteiger partial charge < -0.3 is 15.0 Å². The summed E-state index contributed by atoms with van der Waals surface area (Å²) in [6.45, 7) is 1.79. The summed E-state index contributed by atoms with van der Waals surface area (Å²) in [6, 6.07) is 11.5. The molecule has 0 bridgehead atoms. The van der Waals surface area contributed by atoms with Gasteiger partial charge in [0.05, 0.1) is 7.11 Å². The van der Waals surface area contributed by atoms with Gasteiger partial charge in [0.25, 0.3) is 5.91 Å². The van der Waals surface area contributed by atoms with E-state index in [-0.39, 0.29) is 11.7 Å². The van der Waals surface area contributed by atoms with Crippen LogP contribution in [-0.4, -0.2) is 18.0 Å². The Bertz CT molecular complexity index is 838. The average Bonchev–Trinajstić information content (AvgIpc) is 2.85. The van der Waals surface area contributed by atoms with E-state index in [9.17, 15) is 9.18 Å². The maximum Gasteiger partial charge on any atom is 0.272 e. The Balaban J connectivity index is 1.89. The number of anilines is 1. The molecule has 1 heterocycles. The zero-order valence-corrected chi connectivity index (χ0v) is 12.2. The molecule has 1 aromatic heterocycles. The zero-order chi connectivity index (χ0) is 15.7. The third-order valence-electron chi connectivity index (χ3n) is 3.60. The highest BCUT2D eigenvalue weighted by molar-refractivity contribution is 6.07. The van der Waals surface area contributed by atoms with Gasteiger partial charge in [0.15, 0.2) is 0 Å². The minimum absolute atomic E-state index is 0.265. The maximum absolute atomic E-state index is 13.3. The Hall–Kier alpha value is -2.82. The Kier molecular flexibility index (Phi) is 3.55. The van der Waals surface area contributed by atoms with Crippen molar-refractivity contribution in [3.8, 4) is 5.75 Å². The summed E-state index contributed by atoms with van der Waals surface area (Å²) in [6.07, 6.45) is 0. The summed E-state index contributed by atoms with van der Waals surface area (Å²) in [5.74, 6) is 0.131. The normalized spacial score (nSPS) is 10.7. The van der Waals surface area contributed by atoms with Crippen molar-refractivity contribution in [2.75, 3.05) is 12.4 Å². The van der Waals surface area contributed by atoms with Crippen LogP contribution in [0, 0.1) is 12.7 Å². The first-order chi connectivity index (χ1) is 10.6. The smallest absolute Gasteiger partial charge is 0.272 e. The van der Waals surface area contributed by atoms with E-state index >= 15 is 0 Å². The molecule has 3 rings (SSSR count). The fourth-order valence-corrected chi connectivity index (χ4v) is 2.39. The summed E-state index contributed by atoms with van der Waals surface area (Å²) in [5.41, 5.74) is 2.55. The van der Waals surface area contributed by atoms with Gasteiger partial charge in [-0.15, -0.1) is 0 Å². The van der Waals surface area contributed by atoms with Crippen molar-refractivity contribution in [1.82, 2.24) is 4.98 Å². The molecular weight excluding hydrogens is 283 g/mol. The van der Waals surface area contributed by atoms with E-state index in [0.717, 1.165) is 16.8 Å². The molecule has 112 valence electrons. The van der Waals surface area contributed by atoms with Gasteiger partial charge in [0, 0.05) is 16.6 Å². The van der Waals surface area contributed by atoms with E-state index in [1.807, 2.05) is 0 Å². The van der Waals surface area contributed by atoms with Crippen molar-refractivity contribution in [1.29, 1.82) is 0 Å². The number of fused-ring (bicyclic) bond motifs is 1. The molecule has 0 unspecified atom stereocenters. The van der Waals surface area contributed by atoms with Crippen LogP contribution in [-0.2, 0) is 0 Å². The van der Waals surface area contributed by atoms with Crippen LogP contribution >= 0.6 is 0 Å². The quantitative estimate of drug-likeness (QED) is 0.771. The van der Waals surface area contributed by atoms with Crippen LogP contribution in [0.2, 0.25) is 0 Å². The molecule has 0 aliphatic carbocycles. The van der Waals surface area contributed by atoms with E-state index in [4.69, 9.17) is 4.74 Å². The SMILES string of the molecule is COc1ccc(NC(=O)c2[nH]c3ccc(F)cc3c2C)cc1. The van der Waals surface area contributed by atoms with Gasteiger partial charge in [-0.3, -0.25) is 4.79 Å². The number of nitrogens with one attached hydrogen (secondary N) is 2. The highest BCUT2D eigenvalue weighted by Gasteiger charge is 2.15. The number of H-pyrrole nitrogens is 1. The van der Waals surface area contributed by atoms with Crippen molar-refractivity contribution in [2.24, 2.45) is 0 Å². The van der Waals surface area contributed by atoms with Gasteiger partial charge >= 0.3 is 0 Å². The number of rotatable bonds is 3. The lowest BCUT2D eigenvalue weighted by Crippen LogP contribution is -2.13. The first-order valence-corrected chi connectivity index (χ1v) is 6.81. The molecule has 22 heavy (non-hydrogen) atoms. The molecule has 0 saturated heterocycles. The van der Waals surface area contributed by atoms with Crippen LogP contribution in [0.3, 0.4) is 0 Å². The topological polar surface area (TPSA) is 54.1 Å². The van der Waals surface area contributed by atoms with E-state index in [1.165, 1.54) is 12.1 Å². The van der Waals surface area contributed by atoms with Crippen LogP contribution in [0.15, 0.2) is 42.5 Å². The minimum atomic E-state index is -0.322. The van der Waals surface area contributed by atoms with Crippen molar-refractivity contribution in [3.63, 3.8) is 0 Å². The number of ether oxygens (including phenoxy) is 1. The zero-order valence-electron chi connectivity index (χ0n) is 12.2. The molecule has 0 spiro atoms. The van der Waals surface area contributed by atoms with E-state index in [1.54, 1.807) is 44.4 Å². The number of halogens is 1. The van der Waals surface area contributed by atoms with Gasteiger partial charge in [-0.25, -0.2) is 4.39 Å². The van der Waals surface area contributed by atoms with Gasteiger partial charge in [-0.05, 0) is 55.0 Å². The maximum atomic E-state index is 13.3. The third-order valence-corrected chi connectivity index (χ3v) is 3.60. The van der Waals surface area contributed by atoms with E-state index < -0.39 is 0 Å². The second-order valence-electron chi connectivity index (χ2n) is 5.00. The second kappa shape index (κ2) is 5.52. The van der Waals surface area contributed by atoms with E-state index in [0.29, 0.717) is 16.8 Å². The Labute approximate surface area is 126 Å². The Morgan fingerprint density at radius 1 is 1.18 bits per heavy atom. The summed E-state index contributed by atoms with van der Waals surface area (Å²) in [7, 11) is 1.58. The molecule has 2 N–H and O–H groups in total. The molecule has 0 saturated carbocycles. The highest BCUT2D eigenvalue weighted by atomic mass is 19.1. The standard InChI is InChI=1S/C17H15FN2O2/c1-10-14-9-11(18)3-8-15(14)20-16(10)17(21)19-12-4-6-13(22-2)7-5-12/h3-9,20H,1-2H3,(H,19,21). The van der Waals surface area contributed by atoms with Crippen molar-refractivity contribution >= 4 is 22.5 Å². The van der Waals surface area contributed by atoms with Crippen molar-refractivity contribution < 1.29 is 13.9 Å². The average molecular weight is 298 g/mol. The second-order valence-corrected chi connectivity index (χ2v) is 5.00. The lowest BCUT2D eigenvalue weighted by molar-refractivity contribution is 0.102. The predicted octanol–water partition coefficient (Wildman–Crippen LogP) is 3.88. The van der Waals surface area contributed by atoms with Crippen molar-refractivity contribution in [3.05, 3.63) is 59.5 Å². The molecule has 0 radical (unpaired) electrons. The van der Waals surface area contributed by atoms with Crippen molar-refractivity contribution in [2.45, 2.75) is 6.92 Å². The fraction of sp³-hybridized carbons (Fsp3) is 0.118.